The van der Waals surface area contributed by atoms with Crippen LogP contribution in [0.3, 0.4) is 0 Å². The van der Waals surface area contributed by atoms with Gasteiger partial charge in [0.15, 0.2) is 0 Å². The standard InChI is InChI=1S/C19H23N3O3S.2C2HF3O2/c1-24-19-13(3-2-5-20-19)8-22-9-16-15(11-25-17(16)10-22)7-21-18(23)14-4-6-26-12-14;2*3-2(4,5)1(6)7/h2-6,12,15-17H,7-11H2,1H3,(H,21,23);2*(H,6,7)/t15-,16+,17+;;/m0../s1. The fourth-order valence-corrected chi connectivity index (χ4v) is 4.54. The number of methoxy groups -OCH3 is 1. The van der Waals surface area contributed by atoms with Gasteiger partial charge in [0.05, 0.1) is 19.8 Å². The third kappa shape index (κ3) is 9.95. The maximum absolute atomic E-state index is 12.2. The van der Waals surface area contributed by atoms with Gasteiger partial charge in [0.1, 0.15) is 0 Å². The molecular formula is C23H25F6N3O7S. The number of nitrogens with one attached hydrogen (secondary N) is 1. The number of thiophene rings is 1. The number of rotatable bonds is 6. The molecule has 1 amide bonds. The Labute approximate surface area is 227 Å². The van der Waals surface area contributed by atoms with Crippen molar-refractivity contribution in [3.05, 3.63) is 46.3 Å². The Bertz CT molecular complexity index is 1110. The van der Waals surface area contributed by atoms with E-state index in [2.05, 4.69) is 21.3 Å². The van der Waals surface area contributed by atoms with Crippen LogP contribution in [0, 0.1) is 11.8 Å². The number of likely N-dealkylation sites (tertiary alicyclic amines) is 1. The highest BCUT2D eigenvalue weighted by atomic mass is 32.1. The van der Waals surface area contributed by atoms with Crippen molar-refractivity contribution >= 4 is 29.2 Å². The molecule has 2 aliphatic rings. The molecule has 40 heavy (non-hydrogen) atoms. The van der Waals surface area contributed by atoms with Gasteiger partial charge in [-0.05, 0) is 17.5 Å². The average molecular weight is 602 g/mol. The molecule has 3 atom stereocenters. The summed E-state index contributed by atoms with van der Waals surface area (Å²) in [5, 5.41) is 21.1. The number of hydrogen-bond acceptors (Lipinski definition) is 8. The van der Waals surface area contributed by atoms with Gasteiger partial charge in [-0.1, -0.05) is 6.07 Å². The Hall–Kier alpha value is -3.44. The molecule has 0 aliphatic carbocycles. The molecule has 0 radical (unpaired) electrons. The normalized spacial score (nSPS) is 20.3. The van der Waals surface area contributed by atoms with Gasteiger partial charge >= 0.3 is 24.3 Å². The van der Waals surface area contributed by atoms with Gasteiger partial charge in [-0.2, -0.15) is 37.7 Å². The first kappa shape index (κ1) is 32.8. The molecule has 2 aromatic rings. The Balaban J connectivity index is 0.000000333. The molecule has 3 N–H and O–H groups in total. The van der Waals surface area contributed by atoms with E-state index >= 15 is 0 Å². The van der Waals surface area contributed by atoms with Gasteiger partial charge in [-0.25, -0.2) is 14.6 Å². The van der Waals surface area contributed by atoms with E-state index in [4.69, 9.17) is 29.3 Å². The van der Waals surface area contributed by atoms with Crippen LogP contribution in [0.1, 0.15) is 15.9 Å². The molecule has 0 saturated carbocycles. The lowest BCUT2D eigenvalue weighted by Crippen LogP contribution is -2.34. The summed E-state index contributed by atoms with van der Waals surface area (Å²) in [5.41, 5.74) is 1.83. The maximum Gasteiger partial charge on any atom is 0.490 e. The zero-order chi connectivity index (χ0) is 30.1. The van der Waals surface area contributed by atoms with Crippen LogP contribution in [0.2, 0.25) is 0 Å². The van der Waals surface area contributed by atoms with Gasteiger partial charge in [0, 0.05) is 60.7 Å². The molecule has 222 valence electrons. The summed E-state index contributed by atoms with van der Waals surface area (Å²) in [6.45, 7) is 4.09. The molecular weight excluding hydrogens is 576 g/mol. The molecule has 17 heteroatoms. The van der Waals surface area contributed by atoms with Crippen molar-refractivity contribution in [1.29, 1.82) is 0 Å². The van der Waals surface area contributed by atoms with Crippen molar-refractivity contribution in [1.82, 2.24) is 15.2 Å². The number of carbonyl (C=O) groups excluding carboxylic acids is 1. The van der Waals surface area contributed by atoms with Gasteiger partial charge in [-0.3, -0.25) is 9.69 Å². The first-order valence-corrected chi connectivity index (χ1v) is 12.3. The molecule has 2 fully saturated rings. The number of hydrogen-bond donors (Lipinski definition) is 3. The number of nitrogens with zero attached hydrogens (tertiary/aromatic N) is 2. The largest absolute Gasteiger partial charge is 0.490 e. The fraction of sp³-hybridized carbons (Fsp3) is 0.478. The summed E-state index contributed by atoms with van der Waals surface area (Å²) in [7, 11) is 1.65. The second-order valence-corrected chi connectivity index (χ2v) is 9.27. The number of alkyl halides is 6. The van der Waals surface area contributed by atoms with E-state index in [1.54, 1.807) is 13.3 Å². The predicted octanol–water partition coefficient (Wildman–Crippen LogP) is 3.30. The summed E-state index contributed by atoms with van der Waals surface area (Å²) in [5.74, 6) is -4.00. The number of ether oxygens (including phenoxy) is 2. The number of aromatic nitrogens is 1. The lowest BCUT2D eigenvalue weighted by molar-refractivity contribution is -0.193. The van der Waals surface area contributed by atoms with Crippen molar-refractivity contribution in [2.75, 3.05) is 33.4 Å². The summed E-state index contributed by atoms with van der Waals surface area (Å²) in [6, 6.07) is 5.85. The second-order valence-electron chi connectivity index (χ2n) is 8.49. The van der Waals surface area contributed by atoms with E-state index < -0.39 is 24.3 Å². The highest BCUT2D eigenvalue weighted by Gasteiger charge is 2.44. The number of pyridine rings is 1. The smallest absolute Gasteiger partial charge is 0.481 e. The van der Waals surface area contributed by atoms with Gasteiger partial charge < -0.3 is 25.0 Å². The summed E-state index contributed by atoms with van der Waals surface area (Å²) >= 11 is 1.54. The molecule has 2 saturated heterocycles. The van der Waals surface area contributed by atoms with Gasteiger partial charge in [0.2, 0.25) is 5.88 Å². The highest BCUT2D eigenvalue weighted by molar-refractivity contribution is 7.08. The van der Waals surface area contributed by atoms with Crippen molar-refractivity contribution < 1.29 is 60.4 Å². The minimum atomic E-state index is -5.08. The van der Waals surface area contributed by atoms with Crippen molar-refractivity contribution in [2.45, 2.75) is 25.0 Å². The second kappa shape index (κ2) is 14.3. The van der Waals surface area contributed by atoms with E-state index in [9.17, 15) is 31.1 Å². The topological polar surface area (TPSA) is 138 Å². The van der Waals surface area contributed by atoms with Crippen LogP contribution in [0.25, 0.3) is 0 Å². The summed E-state index contributed by atoms with van der Waals surface area (Å²) in [4.78, 5) is 36.6. The Kier molecular flexibility index (Phi) is 11.7. The first-order valence-electron chi connectivity index (χ1n) is 11.4. The Morgan fingerprint density at radius 2 is 1.75 bits per heavy atom. The SMILES string of the molecule is COc1ncccc1CN1C[C@@H]2[C@@H](CNC(=O)c3ccsc3)CO[C@@H]2C1.O=C(O)C(F)(F)F.O=C(O)C(F)(F)F. The van der Waals surface area contributed by atoms with Crippen molar-refractivity contribution in [3.63, 3.8) is 0 Å². The zero-order valence-electron chi connectivity index (χ0n) is 20.7. The molecule has 0 aromatic carbocycles. The van der Waals surface area contributed by atoms with Gasteiger partial charge in [-0.15, -0.1) is 0 Å². The number of amides is 1. The molecule has 0 spiro atoms. The van der Waals surface area contributed by atoms with E-state index in [0.29, 0.717) is 24.3 Å². The molecule has 4 heterocycles. The molecule has 0 unspecified atom stereocenters. The van der Waals surface area contributed by atoms with Crippen LogP contribution < -0.4 is 10.1 Å². The Morgan fingerprint density at radius 3 is 2.27 bits per heavy atom. The average Bonchev–Trinajstić information content (AvgIpc) is 3.61. The van der Waals surface area contributed by atoms with Crippen LogP contribution in [-0.2, 0) is 20.9 Å². The van der Waals surface area contributed by atoms with Crippen molar-refractivity contribution in [3.8, 4) is 5.88 Å². The van der Waals surface area contributed by atoms with E-state index in [0.717, 1.165) is 37.4 Å². The number of aliphatic carboxylic acids is 2. The van der Waals surface area contributed by atoms with Crippen LogP contribution in [0.15, 0.2) is 35.2 Å². The number of carbonyl (C=O) groups is 3. The number of carboxylic acid groups (broad SMARTS) is 2. The monoisotopic (exact) mass is 601 g/mol. The lowest BCUT2D eigenvalue weighted by Gasteiger charge is -2.20. The van der Waals surface area contributed by atoms with E-state index in [1.165, 1.54) is 11.3 Å². The number of halogens is 6. The molecule has 4 rings (SSSR count). The lowest BCUT2D eigenvalue weighted by atomic mass is 9.93. The quantitative estimate of drug-likeness (QED) is 0.426. The first-order chi connectivity index (χ1) is 18.6. The molecule has 2 aromatic heterocycles. The van der Waals surface area contributed by atoms with Crippen LogP contribution in [-0.4, -0.2) is 89.8 Å². The Morgan fingerprint density at radius 1 is 1.12 bits per heavy atom. The zero-order valence-corrected chi connectivity index (χ0v) is 21.6. The van der Waals surface area contributed by atoms with E-state index in [-0.39, 0.29) is 12.0 Å². The minimum absolute atomic E-state index is 0.00430. The number of carboxylic acids is 2. The van der Waals surface area contributed by atoms with Crippen LogP contribution >= 0.6 is 11.3 Å². The highest BCUT2D eigenvalue weighted by Crippen LogP contribution is 2.34. The predicted molar refractivity (Wildman–Crippen MR) is 127 cm³/mol. The van der Waals surface area contributed by atoms with E-state index in [1.807, 2.05) is 22.9 Å². The van der Waals surface area contributed by atoms with Crippen LogP contribution in [0.4, 0.5) is 26.3 Å². The third-order valence-electron chi connectivity index (χ3n) is 5.75. The minimum Gasteiger partial charge on any atom is -0.481 e. The third-order valence-corrected chi connectivity index (χ3v) is 6.43. The van der Waals surface area contributed by atoms with Crippen molar-refractivity contribution in [2.24, 2.45) is 11.8 Å². The fourth-order valence-electron chi connectivity index (χ4n) is 3.91. The maximum atomic E-state index is 12.2. The molecule has 0 bridgehead atoms. The van der Waals surface area contributed by atoms with Gasteiger partial charge in [0.25, 0.3) is 5.91 Å². The molecule has 10 nitrogen and oxygen atoms in total. The summed E-state index contributed by atoms with van der Waals surface area (Å²) in [6.07, 6.45) is -8.17. The number of fused-ring (bicyclic) bond motifs is 1. The van der Waals surface area contributed by atoms with Crippen LogP contribution in [0.5, 0.6) is 5.88 Å². The molecule has 2 aliphatic heterocycles. The summed E-state index contributed by atoms with van der Waals surface area (Å²) < 4.78 is 74.8.